The van der Waals surface area contributed by atoms with Crippen molar-refractivity contribution in [2.24, 2.45) is 0 Å². The number of nitrogens with zero attached hydrogens (tertiary/aromatic N) is 1. The van der Waals surface area contributed by atoms with E-state index >= 15 is 0 Å². The summed E-state index contributed by atoms with van der Waals surface area (Å²) in [5, 5.41) is 15.8. The minimum absolute atomic E-state index is 0.0337. The Hall–Kier alpha value is -3.75. The predicted octanol–water partition coefficient (Wildman–Crippen LogP) is 2.51. The highest BCUT2D eigenvalue weighted by molar-refractivity contribution is 5.98. The lowest BCUT2D eigenvalue weighted by Gasteiger charge is -2.13. The quantitative estimate of drug-likeness (QED) is 0.418. The van der Waals surface area contributed by atoms with Crippen molar-refractivity contribution in [1.82, 2.24) is 5.32 Å². The molecule has 29 heavy (non-hydrogen) atoms. The number of carbonyl (C=O) groups excluding carboxylic acids is 3. The van der Waals surface area contributed by atoms with Gasteiger partial charge in [-0.2, -0.15) is 0 Å². The molecule has 2 aromatic carbocycles. The van der Waals surface area contributed by atoms with Gasteiger partial charge >= 0.3 is 5.97 Å². The largest absolute Gasteiger partial charge is 0.454 e. The third-order valence-corrected chi connectivity index (χ3v) is 3.87. The van der Waals surface area contributed by atoms with Gasteiger partial charge in [-0.25, -0.2) is 4.79 Å². The minimum atomic E-state index is -1.05. The zero-order valence-corrected chi connectivity index (χ0v) is 16.2. The smallest absolute Gasteiger partial charge is 0.328 e. The molecule has 2 rings (SSSR count). The Morgan fingerprint density at radius 3 is 2.38 bits per heavy atom. The van der Waals surface area contributed by atoms with Gasteiger partial charge < -0.3 is 15.4 Å². The molecule has 2 amide bonds. The number of carbonyl (C=O) groups is 3. The molecule has 9 heteroatoms. The van der Waals surface area contributed by atoms with Crippen molar-refractivity contribution in [2.75, 3.05) is 11.9 Å². The van der Waals surface area contributed by atoms with Crippen LogP contribution in [-0.4, -0.2) is 35.4 Å². The van der Waals surface area contributed by atoms with Crippen LogP contribution in [0.4, 0.5) is 11.4 Å². The number of benzene rings is 2. The average Bonchev–Trinajstić information content (AvgIpc) is 2.65. The van der Waals surface area contributed by atoms with Gasteiger partial charge in [0.2, 0.25) is 0 Å². The second kappa shape index (κ2) is 9.45. The summed E-state index contributed by atoms with van der Waals surface area (Å²) < 4.78 is 4.92. The van der Waals surface area contributed by atoms with Gasteiger partial charge in [-0.1, -0.05) is 12.1 Å². The number of esters is 1. The molecular formula is C20H21N3O6. The van der Waals surface area contributed by atoms with Gasteiger partial charge in [0.15, 0.2) is 6.61 Å². The number of nitrogens with one attached hydrogen (secondary N) is 2. The monoisotopic (exact) mass is 399 g/mol. The molecule has 0 aliphatic heterocycles. The fourth-order valence-electron chi connectivity index (χ4n) is 2.61. The Morgan fingerprint density at radius 2 is 1.76 bits per heavy atom. The molecule has 0 saturated carbocycles. The highest BCUT2D eigenvalue weighted by Gasteiger charge is 2.20. The number of non-ortho nitro benzene ring substituents is 1. The van der Waals surface area contributed by atoms with Crippen molar-refractivity contribution in [3.05, 3.63) is 69.3 Å². The zero-order chi connectivity index (χ0) is 21.6. The van der Waals surface area contributed by atoms with E-state index in [2.05, 4.69) is 10.6 Å². The maximum absolute atomic E-state index is 12.2. The van der Waals surface area contributed by atoms with E-state index in [0.717, 1.165) is 17.2 Å². The van der Waals surface area contributed by atoms with E-state index in [9.17, 15) is 24.5 Å². The molecule has 2 N–H and O–H groups in total. The Bertz CT molecular complexity index is 937. The first kappa shape index (κ1) is 21.5. The van der Waals surface area contributed by atoms with E-state index in [0.29, 0.717) is 5.69 Å². The molecule has 0 saturated heterocycles. The van der Waals surface area contributed by atoms with Crippen LogP contribution in [0.25, 0.3) is 0 Å². The molecule has 0 heterocycles. The van der Waals surface area contributed by atoms with Crippen LogP contribution in [0.1, 0.15) is 28.4 Å². The van der Waals surface area contributed by atoms with E-state index in [1.807, 2.05) is 19.9 Å². The number of anilines is 1. The normalized spacial score (nSPS) is 11.3. The van der Waals surface area contributed by atoms with Crippen LogP contribution in [0.5, 0.6) is 0 Å². The molecule has 1 atom stereocenters. The Balaban J connectivity index is 1.86. The van der Waals surface area contributed by atoms with Crippen molar-refractivity contribution in [1.29, 1.82) is 0 Å². The minimum Gasteiger partial charge on any atom is -0.454 e. The van der Waals surface area contributed by atoms with Crippen LogP contribution >= 0.6 is 0 Å². The summed E-state index contributed by atoms with van der Waals surface area (Å²) in [7, 11) is 0. The van der Waals surface area contributed by atoms with Crippen molar-refractivity contribution >= 4 is 29.2 Å². The van der Waals surface area contributed by atoms with E-state index < -0.39 is 35.4 Å². The lowest BCUT2D eigenvalue weighted by Crippen LogP contribution is -2.40. The van der Waals surface area contributed by atoms with Gasteiger partial charge in [-0.3, -0.25) is 19.7 Å². The number of nitro groups is 1. The summed E-state index contributed by atoms with van der Waals surface area (Å²) in [6.07, 6.45) is 0. The molecule has 0 bridgehead atoms. The van der Waals surface area contributed by atoms with E-state index in [4.69, 9.17) is 4.74 Å². The fraction of sp³-hybridized carbons (Fsp3) is 0.250. The molecule has 0 radical (unpaired) electrons. The molecule has 0 aliphatic carbocycles. The molecule has 2 aromatic rings. The standard InChI is InChI=1S/C20H21N3O6/c1-12-7-13(2)9-16(8-12)22-18(24)11-29-20(26)14(3)21-19(25)15-5-4-6-17(10-15)23(27)28/h4-10,14H,11H2,1-3H3,(H,21,25)(H,22,24)/t14-/m0/s1. The molecule has 0 unspecified atom stereocenters. The van der Waals surface area contributed by atoms with Crippen molar-refractivity contribution < 1.29 is 24.0 Å². The van der Waals surface area contributed by atoms with Crippen LogP contribution in [0, 0.1) is 24.0 Å². The Labute approximate surface area is 167 Å². The van der Waals surface area contributed by atoms with Gasteiger partial charge in [0.05, 0.1) is 4.92 Å². The maximum Gasteiger partial charge on any atom is 0.328 e. The molecule has 152 valence electrons. The topological polar surface area (TPSA) is 128 Å². The van der Waals surface area contributed by atoms with Crippen molar-refractivity contribution in [3.63, 3.8) is 0 Å². The number of hydrogen-bond donors (Lipinski definition) is 2. The van der Waals surface area contributed by atoms with Gasteiger partial charge in [0.1, 0.15) is 6.04 Å². The summed E-state index contributed by atoms with van der Waals surface area (Å²) in [5.74, 6) is -1.99. The number of rotatable bonds is 7. The zero-order valence-electron chi connectivity index (χ0n) is 16.2. The summed E-state index contributed by atoms with van der Waals surface area (Å²) in [6.45, 7) is 4.67. The SMILES string of the molecule is Cc1cc(C)cc(NC(=O)COC(=O)[C@H](C)NC(=O)c2cccc([N+](=O)[O-])c2)c1. The van der Waals surface area contributed by atoms with Crippen LogP contribution in [0.2, 0.25) is 0 Å². The van der Waals surface area contributed by atoms with Gasteiger partial charge in [0, 0.05) is 23.4 Å². The third kappa shape index (κ3) is 6.42. The Morgan fingerprint density at radius 1 is 1.10 bits per heavy atom. The summed E-state index contributed by atoms with van der Waals surface area (Å²) >= 11 is 0. The fourth-order valence-corrected chi connectivity index (χ4v) is 2.61. The summed E-state index contributed by atoms with van der Waals surface area (Å²) in [5.41, 5.74) is 2.35. The van der Waals surface area contributed by atoms with E-state index in [1.54, 1.807) is 12.1 Å². The molecule has 9 nitrogen and oxygen atoms in total. The average molecular weight is 399 g/mol. The molecule has 0 aromatic heterocycles. The van der Waals surface area contributed by atoms with E-state index in [1.165, 1.54) is 25.1 Å². The number of amides is 2. The van der Waals surface area contributed by atoms with E-state index in [-0.39, 0.29) is 11.3 Å². The third-order valence-electron chi connectivity index (χ3n) is 3.87. The number of aryl methyl sites for hydroxylation is 2. The molecular weight excluding hydrogens is 378 g/mol. The molecule has 0 fully saturated rings. The van der Waals surface area contributed by atoms with Gasteiger partial charge in [-0.15, -0.1) is 0 Å². The Kier molecular flexibility index (Phi) is 7.02. The van der Waals surface area contributed by atoms with Gasteiger partial charge in [-0.05, 0) is 50.1 Å². The summed E-state index contributed by atoms with van der Waals surface area (Å²) in [4.78, 5) is 46.3. The number of ether oxygens (including phenoxy) is 1. The van der Waals surface area contributed by atoms with Crippen LogP contribution in [-0.2, 0) is 14.3 Å². The van der Waals surface area contributed by atoms with Crippen molar-refractivity contribution in [3.8, 4) is 0 Å². The van der Waals surface area contributed by atoms with Crippen LogP contribution in [0.15, 0.2) is 42.5 Å². The first-order valence-electron chi connectivity index (χ1n) is 8.76. The van der Waals surface area contributed by atoms with Crippen molar-refractivity contribution in [2.45, 2.75) is 26.8 Å². The van der Waals surface area contributed by atoms with Gasteiger partial charge in [0.25, 0.3) is 17.5 Å². The lowest BCUT2D eigenvalue weighted by atomic mass is 10.1. The number of hydrogen-bond acceptors (Lipinski definition) is 6. The van der Waals surface area contributed by atoms with Crippen LogP contribution in [0.3, 0.4) is 0 Å². The highest BCUT2D eigenvalue weighted by atomic mass is 16.6. The second-order valence-corrected chi connectivity index (χ2v) is 6.53. The summed E-state index contributed by atoms with van der Waals surface area (Å²) in [6, 6.07) is 9.60. The number of nitro benzene ring substituents is 1. The molecule has 0 aliphatic rings. The molecule has 0 spiro atoms. The highest BCUT2D eigenvalue weighted by Crippen LogP contribution is 2.14. The van der Waals surface area contributed by atoms with Crippen LogP contribution < -0.4 is 10.6 Å². The first-order valence-corrected chi connectivity index (χ1v) is 8.76. The first-order chi connectivity index (χ1) is 13.7. The second-order valence-electron chi connectivity index (χ2n) is 6.53. The lowest BCUT2D eigenvalue weighted by molar-refractivity contribution is -0.384. The predicted molar refractivity (Wildman–Crippen MR) is 106 cm³/mol. The maximum atomic E-state index is 12.2.